The number of hydrogen-bond acceptors (Lipinski definition) is 2. The second-order valence-electron chi connectivity index (χ2n) is 5.58. The number of nitrogens with one attached hydrogen (secondary N) is 1. The Kier molecular flexibility index (Phi) is 4.58. The van der Waals surface area contributed by atoms with Crippen molar-refractivity contribution in [3.8, 4) is 0 Å². The summed E-state index contributed by atoms with van der Waals surface area (Å²) < 4.78 is 13.9. The predicted molar refractivity (Wildman–Crippen MR) is 77.7 cm³/mol. The third-order valence-corrected chi connectivity index (χ3v) is 4.66. The van der Waals surface area contributed by atoms with Crippen molar-refractivity contribution < 1.29 is 4.39 Å². The van der Waals surface area contributed by atoms with Crippen LogP contribution in [0.2, 0.25) is 0 Å². The molecule has 2 nitrogen and oxygen atoms in total. The lowest BCUT2D eigenvalue weighted by molar-refractivity contribution is 0.0906. The lowest BCUT2D eigenvalue weighted by atomic mass is 9.89. The van der Waals surface area contributed by atoms with Gasteiger partial charge in [-0.2, -0.15) is 0 Å². The SMILES string of the molecule is CCC1(CC)CN(C(C)c2ccccc2F)CCN1. The molecule has 19 heavy (non-hydrogen) atoms. The fraction of sp³-hybridized carbons (Fsp3) is 0.625. The zero-order valence-electron chi connectivity index (χ0n) is 12.2. The van der Waals surface area contributed by atoms with Gasteiger partial charge in [-0.15, -0.1) is 0 Å². The van der Waals surface area contributed by atoms with Crippen molar-refractivity contribution >= 4 is 0 Å². The van der Waals surface area contributed by atoms with Crippen LogP contribution in [0.5, 0.6) is 0 Å². The van der Waals surface area contributed by atoms with Crippen molar-refractivity contribution in [2.75, 3.05) is 19.6 Å². The van der Waals surface area contributed by atoms with E-state index in [4.69, 9.17) is 0 Å². The van der Waals surface area contributed by atoms with Crippen LogP contribution < -0.4 is 5.32 Å². The molecule has 1 fully saturated rings. The Labute approximate surface area is 116 Å². The van der Waals surface area contributed by atoms with E-state index in [1.807, 2.05) is 12.1 Å². The van der Waals surface area contributed by atoms with Gasteiger partial charge >= 0.3 is 0 Å². The Morgan fingerprint density at radius 2 is 2.00 bits per heavy atom. The smallest absolute Gasteiger partial charge is 0.127 e. The highest BCUT2D eigenvalue weighted by Crippen LogP contribution is 2.28. The average molecular weight is 264 g/mol. The van der Waals surface area contributed by atoms with E-state index in [2.05, 4.69) is 31.0 Å². The summed E-state index contributed by atoms with van der Waals surface area (Å²) in [5, 5.41) is 3.65. The largest absolute Gasteiger partial charge is 0.309 e. The van der Waals surface area contributed by atoms with Crippen molar-refractivity contribution in [2.24, 2.45) is 0 Å². The molecule has 1 atom stereocenters. The standard InChI is InChI=1S/C16H25FN2/c1-4-16(5-2)12-19(11-10-18-16)13(3)14-8-6-7-9-15(14)17/h6-9,13,18H,4-5,10-12H2,1-3H3. The molecular weight excluding hydrogens is 239 g/mol. The van der Waals surface area contributed by atoms with Crippen molar-refractivity contribution in [3.63, 3.8) is 0 Å². The third kappa shape index (κ3) is 2.98. The quantitative estimate of drug-likeness (QED) is 0.897. The summed E-state index contributed by atoms with van der Waals surface area (Å²) in [5.74, 6) is -0.0906. The first-order valence-corrected chi connectivity index (χ1v) is 7.35. The van der Waals surface area contributed by atoms with Crippen molar-refractivity contribution in [1.29, 1.82) is 0 Å². The molecule has 0 bridgehead atoms. The van der Waals surface area contributed by atoms with E-state index in [1.165, 1.54) is 0 Å². The number of hydrogen-bond donors (Lipinski definition) is 1. The maximum atomic E-state index is 13.9. The molecule has 3 heteroatoms. The summed E-state index contributed by atoms with van der Waals surface area (Å²) in [5.41, 5.74) is 1.00. The van der Waals surface area contributed by atoms with Gasteiger partial charge in [-0.1, -0.05) is 32.0 Å². The molecule has 0 aromatic heterocycles. The van der Waals surface area contributed by atoms with Crippen molar-refractivity contribution in [3.05, 3.63) is 35.6 Å². The number of benzene rings is 1. The third-order valence-electron chi connectivity index (χ3n) is 4.66. The molecule has 0 aliphatic carbocycles. The topological polar surface area (TPSA) is 15.3 Å². The van der Waals surface area contributed by atoms with E-state index >= 15 is 0 Å². The van der Waals surface area contributed by atoms with E-state index < -0.39 is 0 Å². The van der Waals surface area contributed by atoms with Gasteiger partial charge in [0.2, 0.25) is 0 Å². The first-order chi connectivity index (χ1) is 9.12. The molecule has 1 aromatic carbocycles. The van der Waals surface area contributed by atoms with E-state index in [1.54, 1.807) is 12.1 Å². The monoisotopic (exact) mass is 264 g/mol. The molecule has 106 valence electrons. The highest BCUT2D eigenvalue weighted by Gasteiger charge is 2.34. The van der Waals surface area contributed by atoms with Crippen LogP contribution in [0.1, 0.15) is 45.2 Å². The minimum absolute atomic E-state index is 0.0906. The van der Waals surface area contributed by atoms with Gasteiger partial charge < -0.3 is 5.32 Å². The fourth-order valence-corrected chi connectivity index (χ4v) is 3.05. The molecule has 1 unspecified atom stereocenters. The summed E-state index contributed by atoms with van der Waals surface area (Å²) in [6.07, 6.45) is 2.23. The second kappa shape index (κ2) is 6.02. The molecule has 1 heterocycles. The van der Waals surface area contributed by atoms with Crippen LogP contribution in [0.15, 0.2) is 24.3 Å². The highest BCUT2D eigenvalue weighted by atomic mass is 19.1. The first-order valence-electron chi connectivity index (χ1n) is 7.35. The Morgan fingerprint density at radius 1 is 1.32 bits per heavy atom. The molecule has 2 rings (SSSR count). The lowest BCUT2D eigenvalue weighted by Crippen LogP contribution is -2.60. The molecule has 1 aliphatic heterocycles. The normalized spacial score (nSPS) is 21.3. The van der Waals surface area contributed by atoms with Gasteiger partial charge in [0.25, 0.3) is 0 Å². The molecule has 0 radical (unpaired) electrons. The molecular formula is C16H25FN2. The first kappa shape index (κ1) is 14.5. The molecule has 1 aliphatic rings. The Hall–Kier alpha value is -0.930. The van der Waals surface area contributed by atoms with Crippen LogP contribution >= 0.6 is 0 Å². The van der Waals surface area contributed by atoms with Gasteiger partial charge in [-0.25, -0.2) is 4.39 Å². The van der Waals surface area contributed by atoms with Gasteiger partial charge in [0, 0.05) is 36.8 Å². The zero-order chi connectivity index (χ0) is 13.9. The van der Waals surface area contributed by atoms with Gasteiger partial charge in [-0.3, -0.25) is 4.90 Å². The number of halogens is 1. The van der Waals surface area contributed by atoms with Crippen LogP contribution in [0.25, 0.3) is 0 Å². The second-order valence-corrected chi connectivity index (χ2v) is 5.58. The lowest BCUT2D eigenvalue weighted by Gasteiger charge is -2.45. The predicted octanol–water partition coefficient (Wildman–Crippen LogP) is 3.35. The van der Waals surface area contributed by atoms with Crippen LogP contribution in [-0.2, 0) is 0 Å². The molecule has 1 saturated heterocycles. The zero-order valence-corrected chi connectivity index (χ0v) is 12.2. The Balaban J connectivity index is 2.15. The van der Waals surface area contributed by atoms with Gasteiger partial charge in [0.05, 0.1) is 0 Å². The molecule has 0 amide bonds. The number of nitrogens with zero attached hydrogens (tertiary/aromatic N) is 1. The van der Waals surface area contributed by atoms with E-state index in [9.17, 15) is 4.39 Å². The summed E-state index contributed by atoms with van der Waals surface area (Å²) >= 11 is 0. The van der Waals surface area contributed by atoms with Gasteiger partial charge in [-0.05, 0) is 25.8 Å². The molecule has 1 aromatic rings. The summed E-state index contributed by atoms with van der Waals surface area (Å²) in [4.78, 5) is 2.40. The maximum Gasteiger partial charge on any atom is 0.127 e. The van der Waals surface area contributed by atoms with E-state index in [0.717, 1.165) is 38.0 Å². The van der Waals surface area contributed by atoms with Gasteiger partial charge in [0.15, 0.2) is 0 Å². The van der Waals surface area contributed by atoms with Crippen molar-refractivity contribution in [2.45, 2.75) is 45.2 Å². The minimum Gasteiger partial charge on any atom is -0.309 e. The highest BCUT2D eigenvalue weighted by molar-refractivity contribution is 5.21. The van der Waals surface area contributed by atoms with Crippen molar-refractivity contribution in [1.82, 2.24) is 10.2 Å². The van der Waals surface area contributed by atoms with E-state index in [-0.39, 0.29) is 17.4 Å². The molecule has 1 N–H and O–H groups in total. The van der Waals surface area contributed by atoms with Crippen LogP contribution in [0, 0.1) is 5.82 Å². The average Bonchev–Trinajstić information content (AvgIpc) is 2.47. The van der Waals surface area contributed by atoms with Gasteiger partial charge in [0.1, 0.15) is 5.82 Å². The van der Waals surface area contributed by atoms with E-state index in [0.29, 0.717) is 0 Å². The van der Waals surface area contributed by atoms with Crippen LogP contribution in [-0.4, -0.2) is 30.1 Å². The molecule has 0 saturated carbocycles. The maximum absolute atomic E-state index is 13.9. The number of rotatable bonds is 4. The minimum atomic E-state index is -0.0906. The Bertz CT molecular complexity index is 415. The summed E-state index contributed by atoms with van der Waals surface area (Å²) in [7, 11) is 0. The fourth-order valence-electron chi connectivity index (χ4n) is 3.05. The summed E-state index contributed by atoms with van der Waals surface area (Å²) in [6.45, 7) is 9.54. The van der Waals surface area contributed by atoms with Crippen LogP contribution in [0.4, 0.5) is 4.39 Å². The number of piperazine rings is 1. The van der Waals surface area contributed by atoms with Crippen LogP contribution in [0.3, 0.4) is 0 Å². The summed E-state index contributed by atoms with van der Waals surface area (Å²) in [6, 6.07) is 7.28. The molecule has 0 spiro atoms. The Morgan fingerprint density at radius 3 is 2.63 bits per heavy atom.